The Morgan fingerprint density at radius 3 is 2.50 bits per heavy atom. The number of halogens is 1. The topological polar surface area (TPSA) is 75.3 Å². The molecule has 2 N–H and O–H groups in total. The van der Waals surface area contributed by atoms with Gasteiger partial charge in [0.15, 0.2) is 0 Å². The minimum absolute atomic E-state index is 0.0690. The van der Waals surface area contributed by atoms with Crippen molar-refractivity contribution in [3.8, 4) is 0 Å². The molecular weight excluding hydrogens is 368 g/mol. The summed E-state index contributed by atoms with van der Waals surface area (Å²) >= 11 is 7.52. The van der Waals surface area contributed by atoms with Crippen LogP contribution in [0.15, 0.2) is 40.6 Å². The summed E-state index contributed by atoms with van der Waals surface area (Å²) < 4.78 is 26.2. The van der Waals surface area contributed by atoms with Gasteiger partial charge in [0, 0.05) is 10.4 Å². The molecule has 0 unspecified atom stereocenters. The highest BCUT2D eigenvalue weighted by Gasteiger charge is 2.22. The smallest absolute Gasteiger partial charge is 0.251 e. The van der Waals surface area contributed by atoms with Crippen molar-refractivity contribution in [3.05, 3.63) is 51.2 Å². The minimum Gasteiger partial charge on any atom is -0.344 e. The van der Waals surface area contributed by atoms with Gasteiger partial charge in [-0.2, -0.15) is 0 Å². The van der Waals surface area contributed by atoms with E-state index in [2.05, 4.69) is 10.0 Å². The third-order valence-corrected chi connectivity index (χ3v) is 6.41. The van der Waals surface area contributed by atoms with Crippen molar-refractivity contribution in [1.82, 2.24) is 10.0 Å². The molecule has 0 radical (unpaired) electrons. The Morgan fingerprint density at radius 2 is 1.96 bits per heavy atom. The molecule has 0 spiro atoms. The van der Waals surface area contributed by atoms with E-state index in [9.17, 15) is 13.2 Å². The molecule has 0 bridgehead atoms. The molecule has 1 atom stereocenters. The molecule has 0 aliphatic rings. The molecule has 1 heterocycles. The van der Waals surface area contributed by atoms with Crippen LogP contribution in [0.25, 0.3) is 0 Å². The first-order valence-corrected chi connectivity index (χ1v) is 10.1. The molecule has 1 amide bonds. The number of thiophene rings is 1. The number of hydrogen-bond donors (Lipinski definition) is 2. The van der Waals surface area contributed by atoms with Crippen molar-refractivity contribution in [3.63, 3.8) is 0 Å². The maximum atomic E-state index is 12.6. The van der Waals surface area contributed by atoms with Crippen molar-refractivity contribution in [2.24, 2.45) is 5.92 Å². The number of benzene rings is 1. The Morgan fingerprint density at radius 1 is 1.25 bits per heavy atom. The number of rotatable bonds is 6. The van der Waals surface area contributed by atoms with Gasteiger partial charge in [-0.15, -0.1) is 11.3 Å². The molecule has 0 saturated heterocycles. The second-order valence-electron chi connectivity index (χ2n) is 5.56. The van der Waals surface area contributed by atoms with Crippen LogP contribution in [-0.2, 0) is 10.0 Å². The second-order valence-corrected chi connectivity index (χ2v) is 8.80. The maximum absolute atomic E-state index is 12.6. The van der Waals surface area contributed by atoms with Gasteiger partial charge in [-0.25, -0.2) is 13.1 Å². The molecule has 0 aliphatic carbocycles. The van der Waals surface area contributed by atoms with Gasteiger partial charge in [0.2, 0.25) is 10.0 Å². The zero-order valence-electron chi connectivity index (χ0n) is 13.5. The first kappa shape index (κ1) is 18.9. The number of carbonyl (C=O) groups is 1. The van der Waals surface area contributed by atoms with Gasteiger partial charge in [-0.3, -0.25) is 4.79 Å². The van der Waals surface area contributed by atoms with E-state index in [0.29, 0.717) is 0 Å². The van der Waals surface area contributed by atoms with Crippen molar-refractivity contribution in [1.29, 1.82) is 0 Å². The summed E-state index contributed by atoms with van der Waals surface area (Å²) in [6.45, 7) is 4.03. The Hall–Kier alpha value is -1.41. The molecule has 5 nitrogen and oxygen atoms in total. The molecule has 0 saturated carbocycles. The summed E-state index contributed by atoms with van der Waals surface area (Å²) in [4.78, 5) is 13.5. The van der Waals surface area contributed by atoms with E-state index in [0.717, 1.165) is 4.88 Å². The zero-order chi connectivity index (χ0) is 17.9. The Labute approximate surface area is 151 Å². The van der Waals surface area contributed by atoms with E-state index < -0.39 is 10.0 Å². The highest BCUT2D eigenvalue weighted by Crippen LogP contribution is 2.27. The molecule has 8 heteroatoms. The van der Waals surface area contributed by atoms with Gasteiger partial charge >= 0.3 is 0 Å². The lowest BCUT2D eigenvalue weighted by atomic mass is 10.0. The first-order valence-electron chi connectivity index (χ1n) is 7.33. The minimum atomic E-state index is -3.73. The molecular formula is C16H19ClN2O3S2. The fraction of sp³-hybridized carbons (Fsp3) is 0.312. The Balaban J connectivity index is 2.31. The SMILES string of the molecule is CNS(=O)(=O)c1cc(C(=O)N[C@H](c2cccs2)C(C)C)ccc1Cl. The van der Waals surface area contributed by atoms with E-state index >= 15 is 0 Å². The number of carbonyl (C=O) groups excluding carboxylic acids is 1. The number of amides is 1. The van der Waals surface area contributed by atoms with Gasteiger partial charge in [0.05, 0.1) is 11.1 Å². The fourth-order valence-corrected chi connectivity index (χ4v) is 4.42. The summed E-state index contributed by atoms with van der Waals surface area (Å²) in [5, 5.41) is 4.99. The summed E-state index contributed by atoms with van der Waals surface area (Å²) in [7, 11) is -2.44. The van der Waals surface area contributed by atoms with E-state index in [1.165, 1.54) is 25.2 Å². The van der Waals surface area contributed by atoms with Gasteiger partial charge in [0.1, 0.15) is 4.90 Å². The molecule has 0 aliphatic heterocycles. The van der Waals surface area contributed by atoms with E-state index in [1.807, 2.05) is 31.4 Å². The normalized spacial score (nSPS) is 13.0. The van der Waals surface area contributed by atoms with E-state index in [-0.39, 0.29) is 33.3 Å². The highest BCUT2D eigenvalue weighted by molar-refractivity contribution is 7.89. The predicted octanol–water partition coefficient (Wildman–Crippen LogP) is 3.44. The lowest BCUT2D eigenvalue weighted by Crippen LogP contribution is -2.31. The average molecular weight is 387 g/mol. The van der Waals surface area contributed by atoms with Crippen LogP contribution < -0.4 is 10.0 Å². The van der Waals surface area contributed by atoms with Gasteiger partial charge in [-0.05, 0) is 42.6 Å². The van der Waals surface area contributed by atoms with Crippen LogP contribution in [0.2, 0.25) is 5.02 Å². The van der Waals surface area contributed by atoms with Crippen LogP contribution in [0.1, 0.15) is 35.1 Å². The molecule has 130 valence electrons. The molecule has 1 aromatic carbocycles. The summed E-state index contributed by atoms with van der Waals surface area (Å²) in [6, 6.07) is 7.97. The van der Waals surface area contributed by atoms with Crippen LogP contribution in [0.3, 0.4) is 0 Å². The Bertz CT molecular complexity index is 818. The van der Waals surface area contributed by atoms with Crippen LogP contribution in [-0.4, -0.2) is 21.4 Å². The summed E-state index contributed by atoms with van der Waals surface area (Å²) in [6.07, 6.45) is 0. The van der Waals surface area contributed by atoms with Crippen LogP contribution in [0.4, 0.5) is 0 Å². The van der Waals surface area contributed by atoms with Crippen molar-refractivity contribution < 1.29 is 13.2 Å². The highest BCUT2D eigenvalue weighted by atomic mass is 35.5. The number of hydrogen-bond acceptors (Lipinski definition) is 4. The van der Waals surface area contributed by atoms with E-state index in [1.54, 1.807) is 11.3 Å². The third kappa shape index (κ3) is 4.16. The van der Waals surface area contributed by atoms with Crippen LogP contribution in [0.5, 0.6) is 0 Å². The average Bonchev–Trinajstić information content (AvgIpc) is 3.06. The maximum Gasteiger partial charge on any atom is 0.251 e. The number of nitrogens with one attached hydrogen (secondary N) is 2. The molecule has 2 aromatic rings. The first-order chi connectivity index (χ1) is 11.3. The molecule has 0 fully saturated rings. The van der Waals surface area contributed by atoms with Crippen LogP contribution in [0, 0.1) is 5.92 Å². The van der Waals surface area contributed by atoms with Gasteiger partial charge in [0.25, 0.3) is 5.91 Å². The second kappa shape index (κ2) is 7.65. The summed E-state index contributed by atoms with van der Waals surface area (Å²) in [5.74, 6) is -0.147. The molecule has 24 heavy (non-hydrogen) atoms. The molecule has 2 rings (SSSR count). The van der Waals surface area contributed by atoms with Crippen molar-refractivity contribution >= 4 is 38.9 Å². The van der Waals surface area contributed by atoms with Crippen molar-refractivity contribution in [2.45, 2.75) is 24.8 Å². The van der Waals surface area contributed by atoms with Crippen molar-refractivity contribution in [2.75, 3.05) is 7.05 Å². The van der Waals surface area contributed by atoms with E-state index in [4.69, 9.17) is 11.6 Å². The predicted molar refractivity (Wildman–Crippen MR) is 97.1 cm³/mol. The fourth-order valence-electron chi connectivity index (χ4n) is 2.22. The van der Waals surface area contributed by atoms with Gasteiger partial charge < -0.3 is 5.32 Å². The lowest BCUT2D eigenvalue weighted by molar-refractivity contribution is 0.0926. The largest absolute Gasteiger partial charge is 0.344 e. The number of sulfonamides is 1. The van der Waals surface area contributed by atoms with Crippen LogP contribution >= 0.6 is 22.9 Å². The Kier molecular flexibility index (Phi) is 6.03. The standard InChI is InChI=1S/C16H19ClN2O3S2/c1-10(2)15(13-5-4-8-23-13)19-16(20)11-6-7-12(17)14(9-11)24(21,22)18-3/h4-10,15,18H,1-3H3,(H,19,20)/t15-/m0/s1. The monoisotopic (exact) mass is 386 g/mol. The molecule has 1 aromatic heterocycles. The lowest BCUT2D eigenvalue weighted by Gasteiger charge is -2.21. The zero-order valence-corrected chi connectivity index (χ0v) is 15.9. The quantitative estimate of drug-likeness (QED) is 0.798. The summed E-state index contributed by atoms with van der Waals surface area (Å²) in [5.41, 5.74) is 0.246. The van der Waals surface area contributed by atoms with Gasteiger partial charge in [-0.1, -0.05) is 31.5 Å². The third-order valence-electron chi connectivity index (χ3n) is 3.55.